The quantitative estimate of drug-likeness (QED) is 0.0298. The van der Waals surface area contributed by atoms with Crippen LogP contribution in [0.4, 0.5) is 4.39 Å². The van der Waals surface area contributed by atoms with Gasteiger partial charge in [0.2, 0.25) is 41.4 Å². The Balaban J connectivity index is 1.86. The minimum Gasteiger partial charge on any atom is -0.458 e. The number of unbranched alkanes of at least 4 members (excludes halogenated alkanes) is 4. The highest BCUT2D eigenvalue weighted by molar-refractivity contribution is 6.01. The number of hydrogen-bond donors (Lipinski definition) is 9. The summed E-state index contributed by atoms with van der Waals surface area (Å²) in [5.41, 5.74) is 4.92. The first-order chi connectivity index (χ1) is 42.6. The fourth-order valence-corrected chi connectivity index (χ4v) is 11.6. The van der Waals surface area contributed by atoms with Gasteiger partial charge in [-0.15, -0.1) is 0 Å². The first kappa shape index (κ1) is 77.8. The zero-order chi connectivity index (χ0) is 67.6. The number of hydrogen-bond acceptors (Lipinski definition) is 15. The predicted octanol–water partition coefficient (Wildman–Crippen LogP) is 5.32. The highest BCUT2D eigenvalue weighted by Gasteiger charge is 2.62. The monoisotopic (exact) mass is 1270 g/mol. The molecule has 2 fully saturated rings. The van der Waals surface area contributed by atoms with E-state index in [-0.39, 0.29) is 43.9 Å². The number of Topliss-reactive ketones (excluding diaryl/α,β-unsaturated/α-hetero) is 4. The van der Waals surface area contributed by atoms with E-state index in [1.807, 2.05) is 51.1 Å². The Kier molecular flexibility index (Phi) is 33.2. The lowest BCUT2D eigenvalue weighted by Gasteiger charge is -2.30. The lowest BCUT2D eigenvalue weighted by Crippen LogP contribution is -2.56. The summed E-state index contributed by atoms with van der Waals surface area (Å²) in [6, 6.07) is 2.85. The number of ketones is 4. The summed E-state index contributed by atoms with van der Waals surface area (Å²) >= 11 is 0. The Morgan fingerprint density at radius 3 is 1.79 bits per heavy atom. The topological polar surface area (TPSA) is 353 Å². The number of halogens is 1. The fourth-order valence-electron chi connectivity index (χ4n) is 11.6. The number of nitrogens with two attached hydrogens (primary N) is 1. The molecule has 17 atom stereocenters. The molecule has 3 rings (SSSR count). The van der Waals surface area contributed by atoms with Crippen molar-refractivity contribution in [2.75, 3.05) is 13.2 Å². The van der Waals surface area contributed by atoms with Gasteiger partial charge in [-0.2, -0.15) is 0 Å². The van der Waals surface area contributed by atoms with Crippen molar-refractivity contribution in [1.82, 2.24) is 31.9 Å². The number of ether oxygens (including phenoxy) is 1. The first-order valence-corrected chi connectivity index (χ1v) is 32.9. The number of carbonyl (C=O) groups excluding carboxylic acids is 12. The number of nitrogens with one attached hydrogen (secondary N) is 6. The summed E-state index contributed by atoms with van der Waals surface area (Å²) in [5.74, 6) is -16.3. The van der Waals surface area contributed by atoms with Crippen LogP contribution in [0.3, 0.4) is 0 Å². The van der Waals surface area contributed by atoms with Crippen molar-refractivity contribution in [3.63, 3.8) is 0 Å². The summed E-state index contributed by atoms with van der Waals surface area (Å²) in [7, 11) is 0. The van der Waals surface area contributed by atoms with Crippen molar-refractivity contribution >= 4 is 70.5 Å². The second-order valence-electron chi connectivity index (χ2n) is 25.7. The first-order valence-electron chi connectivity index (χ1n) is 32.9. The molecule has 0 bridgehead atoms. The molecule has 10 N–H and O–H groups in total. The maximum Gasteiger partial charge on any atom is 0.328 e. The van der Waals surface area contributed by atoms with Gasteiger partial charge < -0.3 is 52.6 Å². The van der Waals surface area contributed by atoms with Crippen LogP contribution in [-0.2, 0) is 68.7 Å². The Bertz CT molecular complexity index is 2590. The summed E-state index contributed by atoms with van der Waals surface area (Å²) in [5, 5.41) is 37.5. The number of aliphatic hydroxyl groups excluding tert-OH is 2. The van der Waals surface area contributed by atoms with E-state index in [4.69, 9.17) is 10.5 Å². The molecular formula is C67H106FN7O15. The number of aliphatic hydroxyl groups is 2. The predicted molar refractivity (Wildman–Crippen MR) is 336 cm³/mol. The van der Waals surface area contributed by atoms with E-state index in [0.717, 1.165) is 31.2 Å². The number of esters is 1. The SMILES string of the molecule is CCCCCCC[C@@H]1NC(=O)C2(CC2CC(C)F)NC(=O)[C@H](C)CC(=O)[C@H](NC(=O)[C@H](CO)CC(=O)[C@@H](NC(=O)[C@H](CC(=O)[C@@H](CCC(N)=O)NC(=O)[C@H](CO)CC(=O)[C@@H](NC(=O)[C@H](CC)Cc2ccccc2)[C@@H](C)CC)[C@@H](C)CC)[C@@H](C)CC)[C@H](C)OC1=O. The smallest absolute Gasteiger partial charge is 0.328 e. The average Bonchev–Trinajstić information content (AvgIpc) is 1.62. The van der Waals surface area contributed by atoms with Gasteiger partial charge in [-0.25, -0.2) is 9.18 Å². The molecule has 0 aromatic heterocycles. The van der Waals surface area contributed by atoms with Gasteiger partial charge >= 0.3 is 5.97 Å². The van der Waals surface area contributed by atoms with Gasteiger partial charge in [0.15, 0.2) is 23.1 Å². The third-order valence-electron chi connectivity index (χ3n) is 18.5. The molecule has 90 heavy (non-hydrogen) atoms. The van der Waals surface area contributed by atoms with Gasteiger partial charge in [0.1, 0.15) is 23.7 Å². The molecule has 1 aromatic rings. The van der Waals surface area contributed by atoms with Crippen LogP contribution in [0.25, 0.3) is 0 Å². The maximum atomic E-state index is 14.5. The van der Waals surface area contributed by atoms with Crippen LogP contribution in [0, 0.1) is 53.3 Å². The normalized spacial score (nSPS) is 23.3. The molecule has 0 radical (unpaired) electrons. The van der Waals surface area contributed by atoms with Gasteiger partial charge in [0, 0.05) is 49.9 Å². The number of amides is 7. The summed E-state index contributed by atoms with van der Waals surface area (Å²) < 4.78 is 20.2. The summed E-state index contributed by atoms with van der Waals surface area (Å²) in [6.07, 6.45) is 0.756. The number of carbonyl (C=O) groups is 12. The van der Waals surface area contributed by atoms with Gasteiger partial charge in [0.05, 0.1) is 49.3 Å². The molecule has 506 valence electrons. The van der Waals surface area contributed by atoms with E-state index in [9.17, 15) is 72.1 Å². The molecule has 1 spiro atoms. The largest absolute Gasteiger partial charge is 0.458 e. The summed E-state index contributed by atoms with van der Waals surface area (Å²) in [4.78, 5) is 167. The minimum atomic E-state index is -1.62. The van der Waals surface area contributed by atoms with Crippen LogP contribution in [0.2, 0.25) is 0 Å². The van der Waals surface area contributed by atoms with Crippen LogP contribution < -0.4 is 37.6 Å². The molecule has 1 saturated carbocycles. The van der Waals surface area contributed by atoms with Gasteiger partial charge in [-0.3, -0.25) is 52.7 Å². The van der Waals surface area contributed by atoms with Crippen LogP contribution in [0.1, 0.15) is 197 Å². The molecular weight excluding hydrogens is 1160 g/mol. The van der Waals surface area contributed by atoms with E-state index in [2.05, 4.69) is 31.9 Å². The average molecular weight is 1270 g/mol. The lowest BCUT2D eigenvalue weighted by molar-refractivity contribution is -0.156. The third kappa shape index (κ3) is 23.6. The molecule has 7 amide bonds. The van der Waals surface area contributed by atoms with Crippen molar-refractivity contribution in [3.8, 4) is 0 Å². The zero-order valence-corrected chi connectivity index (χ0v) is 55.1. The second-order valence-corrected chi connectivity index (χ2v) is 25.7. The van der Waals surface area contributed by atoms with E-state index in [1.165, 1.54) is 20.8 Å². The van der Waals surface area contributed by atoms with Crippen molar-refractivity contribution in [3.05, 3.63) is 35.9 Å². The summed E-state index contributed by atoms with van der Waals surface area (Å²) in [6.45, 7) is 16.9. The van der Waals surface area contributed by atoms with Crippen molar-refractivity contribution in [2.45, 2.75) is 246 Å². The van der Waals surface area contributed by atoms with E-state index >= 15 is 0 Å². The Morgan fingerprint density at radius 1 is 0.700 bits per heavy atom. The molecule has 2 aliphatic rings. The lowest BCUT2D eigenvalue weighted by atomic mass is 9.83. The second kappa shape index (κ2) is 38.4. The zero-order valence-electron chi connectivity index (χ0n) is 55.1. The van der Waals surface area contributed by atoms with Crippen molar-refractivity contribution in [2.24, 2.45) is 59.0 Å². The highest BCUT2D eigenvalue weighted by Crippen LogP contribution is 2.48. The van der Waals surface area contributed by atoms with Crippen LogP contribution >= 0.6 is 0 Å². The Labute approximate surface area is 531 Å². The number of alkyl halides is 1. The number of cyclic esters (lactones) is 1. The fraction of sp³-hybridized carbons (Fsp3) is 0.731. The number of benzene rings is 1. The molecule has 1 saturated heterocycles. The molecule has 1 aliphatic heterocycles. The number of primary amides is 1. The highest BCUT2D eigenvalue weighted by atomic mass is 19.1. The maximum absolute atomic E-state index is 14.5. The molecule has 1 aromatic carbocycles. The van der Waals surface area contributed by atoms with Crippen LogP contribution in [-0.4, -0.2) is 142 Å². The standard InChI is InChI=1S/C67H106FN7O15/c1-12-17-18-19-23-26-51-65(88)90-43(11)59(53(79)29-41(9)60(83)75-67(66(89)71-51)35-48(67)30-42(10)68)74-63(86)47(37-77)33-55(81)58(40(8)15-4)73-64(87)49(38(6)13-2)34-52(78)50(27-28-56(69)82)70-62(85)46(36-76)32-54(80)57(39(7)14-3)72-61(84)45(16-5)31-44-24-21-20-22-25-44/h20-22,24-25,38-43,45-51,57-59,76-77H,12-19,23,26-37H2,1-11H3,(H2,69,82)(H,70,85)(H,71,89)(H,72,84)(H,73,87)(H,74,86)(H,75,83)/t38-,39-,40-,41+,42?,43-,45+,46-,47-,48?,49+,50+,51-,57-,58-,59+,67?/m0/s1. The molecule has 22 nitrogen and oxygen atoms in total. The van der Waals surface area contributed by atoms with Gasteiger partial charge in [-0.1, -0.05) is 144 Å². The Morgan fingerprint density at radius 2 is 1.26 bits per heavy atom. The van der Waals surface area contributed by atoms with Crippen LogP contribution in [0.15, 0.2) is 30.3 Å². The molecule has 23 heteroatoms. The van der Waals surface area contributed by atoms with E-state index in [1.54, 1.807) is 34.6 Å². The van der Waals surface area contributed by atoms with Gasteiger partial charge in [0.25, 0.3) is 0 Å². The molecule has 1 heterocycles. The van der Waals surface area contributed by atoms with E-state index < -0.39 is 199 Å². The van der Waals surface area contributed by atoms with E-state index in [0.29, 0.717) is 38.5 Å². The Hall–Kier alpha value is -6.49. The number of rotatable bonds is 39. The molecule has 3 unspecified atom stereocenters. The van der Waals surface area contributed by atoms with Crippen molar-refractivity contribution in [1.29, 1.82) is 0 Å². The van der Waals surface area contributed by atoms with Gasteiger partial charge in [-0.05, 0) is 81.6 Å². The minimum absolute atomic E-state index is 0.0390. The van der Waals surface area contributed by atoms with Crippen molar-refractivity contribution < 1.29 is 76.9 Å². The molecule has 1 aliphatic carbocycles. The third-order valence-corrected chi connectivity index (χ3v) is 18.5. The van der Waals surface area contributed by atoms with Crippen LogP contribution in [0.5, 0.6) is 0 Å².